The molecule has 2 rings (SSSR count). The zero-order chi connectivity index (χ0) is 15.5. The summed E-state index contributed by atoms with van der Waals surface area (Å²) in [6, 6.07) is 10.9. The Balaban J connectivity index is 2.43. The van der Waals surface area contributed by atoms with Gasteiger partial charge in [0.15, 0.2) is 11.5 Å². The molecule has 0 saturated carbocycles. The zero-order valence-corrected chi connectivity index (χ0v) is 13.4. The van der Waals surface area contributed by atoms with Gasteiger partial charge in [-0.3, -0.25) is 0 Å². The maximum Gasteiger partial charge on any atom is 0.342 e. The lowest BCUT2D eigenvalue weighted by Gasteiger charge is -2.13. The van der Waals surface area contributed by atoms with Crippen molar-refractivity contribution in [2.45, 2.75) is 11.8 Å². The third-order valence-corrected chi connectivity index (χ3v) is 4.71. The SMILES string of the molecule is CCOc1ccccc1OS(=O)(=O)c1c(Cl)cccc1Cl. The fourth-order valence-electron chi connectivity index (χ4n) is 1.67. The summed E-state index contributed by atoms with van der Waals surface area (Å²) < 4.78 is 35.1. The Morgan fingerprint density at radius 3 is 2.10 bits per heavy atom. The normalized spacial score (nSPS) is 11.2. The minimum absolute atomic E-state index is 0.00334. The minimum atomic E-state index is -4.16. The van der Waals surface area contributed by atoms with E-state index in [9.17, 15) is 8.42 Å². The second-order valence-corrected chi connectivity index (χ2v) is 6.27. The maximum atomic E-state index is 12.4. The van der Waals surface area contributed by atoms with E-state index in [0.29, 0.717) is 12.4 Å². The predicted octanol–water partition coefficient (Wildman–Crippen LogP) is 4.16. The average Bonchev–Trinajstić information content (AvgIpc) is 2.40. The van der Waals surface area contributed by atoms with Crippen LogP contribution in [0.15, 0.2) is 47.4 Å². The van der Waals surface area contributed by atoms with Crippen LogP contribution in [0.25, 0.3) is 0 Å². The number of benzene rings is 2. The van der Waals surface area contributed by atoms with Crippen molar-refractivity contribution in [2.24, 2.45) is 0 Å². The molecule has 0 aliphatic rings. The molecule has 0 amide bonds. The van der Waals surface area contributed by atoms with Crippen LogP contribution in [0.1, 0.15) is 6.92 Å². The van der Waals surface area contributed by atoms with E-state index in [1.165, 1.54) is 18.2 Å². The lowest BCUT2D eigenvalue weighted by atomic mass is 10.3. The molecular weight excluding hydrogens is 335 g/mol. The average molecular weight is 347 g/mol. The molecule has 0 fully saturated rings. The van der Waals surface area contributed by atoms with Crippen LogP contribution in [0.2, 0.25) is 10.0 Å². The number of rotatable bonds is 5. The highest BCUT2D eigenvalue weighted by Crippen LogP contribution is 2.34. The molecule has 2 aromatic rings. The van der Waals surface area contributed by atoms with Gasteiger partial charge in [-0.25, -0.2) is 0 Å². The van der Waals surface area contributed by atoms with Crippen molar-refractivity contribution < 1.29 is 17.3 Å². The van der Waals surface area contributed by atoms with Crippen LogP contribution in [-0.2, 0) is 10.1 Å². The molecule has 0 aromatic heterocycles. The second kappa shape index (κ2) is 6.56. The molecule has 0 atom stereocenters. The highest BCUT2D eigenvalue weighted by atomic mass is 35.5. The van der Waals surface area contributed by atoms with Gasteiger partial charge in [0.05, 0.1) is 16.7 Å². The Labute approximate surface area is 133 Å². The number of halogens is 2. The quantitative estimate of drug-likeness (QED) is 0.762. The number of para-hydroxylation sites is 2. The van der Waals surface area contributed by atoms with Crippen molar-refractivity contribution in [1.82, 2.24) is 0 Å². The molecule has 4 nitrogen and oxygen atoms in total. The largest absolute Gasteiger partial charge is 0.490 e. The lowest BCUT2D eigenvalue weighted by molar-refractivity contribution is 0.327. The van der Waals surface area contributed by atoms with Gasteiger partial charge in [-0.15, -0.1) is 0 Å². The van der Waals surface area contributed by atoms with Gasteiger partial charge in [0.25, 0.3) is 0 Å². The Kier molecular flexibility index (Phi) is 4.98. The van der Waals surface area contributed by atoms with E-state index in [2.05, 4.69) is 0 Å². The summed E-state index contributed by atoms with van der Waals surface area (Å²) >= 11 is 11.8. The third-order valence-electron chi connectivity index (χ3n) is 2.52. The molecule has 21 heavy (non-hydrogen) atoms. The molecule has 0 aliphatic heterocycles. The van der Waals surface area contributed by atoms with Crippen LogP contribution in [-0.4, -0.2) is 15.0 Å². The van der Waals surface area contributed by atoms with Crippen molar-refractivity contribution in [3.63, 3.8) is 0 Å². The fraction of sp³-hybridized carbons (Fsp3) is 0.143. The van der Waals surface area contributed by atoms with Gasteiger partial charge in [0.2, 0.25) is 0 Å². The standard InChI is InChI=1S/C14H12Cl2O4S/c1-2-19-12-8-3-4-9-13(12)20-21(17,18)14-10(15)6-5-7-11(14)16/h3-9H,2H2,1H3. The number of ether oxygens (including phenoxy) is 1. The van der Waals surface area contributed by atoms with Crippen molar-refractivity contribution in [3.05, 3.63) is 52.5 Å². The molecule has 0 heterocycles. The van der Waals surface area contributed by atoms with Crippen LogP contribution in [0.4, 0.5) is 0 Å². The van der Waals surface area contributed by atoms with E-state index in [1.54, 1.807) is 31.2 Å². The fourth-order valence-corrected chi connectivity index (χ4v) is 3.71. The number of hydrogen-bond donors (Lipinski definition) is 0. The third kappa shape index (κ3) is 3.61. The topological polar surface area (TPSA) is 52.6 Å². The summed E-state index contributed by atoms with van der Waals surface area (Å²) in [5.74, 6) is 0.405. The van der Waals surface area contributed by atoms with Crippen LogP contribution < -0.4 is 8.92 Å². The maximum absolute atomic E-state index is 12.4. The summed E-state index contributed by atoms with van der Waals surface area (Å²) in [6.45, 7) is 2.17. The van der Waals surface area contributed by atoms with E-state index in [0.717, 1.165) is 0 Å². The van der Waals surface area contributed by atoms with Gasteiger partial charge in [-0.2, -0.15) is 8.42 Å². The van der Waals surface area contributed by atoms with Gasteiger partial charge < -0.3 is 8.92 Å². The summed E-state index contributed by atoms with van der Waals surface area (Å²) in [4.78, 5) is -0.264. The van der Waals surface area contributed by atoms with E-state index >= 15 is 0 Å². The molecule has 0 aliphatic carbocycles. The molecular formula is C14H12Cl2O4S. The van der Waals surface area contributed by atoms with Gasteiger partial charge in [0.1, 0.15) is 4.90 Å². The molecule has 2 aromatic carbocycles. The van der Waals surface area contributed by atoms with Gasteiger partial charge >= 0.3 is 10.1 Å². The molecule has 0 unspecified atom stereocenters. The summed E-state index contributed by atoms with van der Waals surface area (Å²) in [7, 11) is -4.16. The first-order chi connectivity index (χ1) is 9.95. The Bertz CT molecular complexity index is 724. The Hall–Kier alpha value is -1.43. The summed E-state index contributed by atoms with van der Waals surface area (Å²) in [5, 5.41) is -0.00668. The molecule has 0 spiro atoms. The highest BCUT2D eigenvalue weighted by molar-refractivity contribution is 7.87. The summed E-state index contributed by atoms with van der Waals surface area (Å²) in [5.41, 5.74) is 0. The Morgan fingerprint density at radius 2 is 1.52 bits per heavy atom. The molecule has 0 radical (unpaired) electrons. The van der Waals surface area contributed by atoms with E-state index in [4.69, 9.17) is 32.1 Å². The van der Waals surface area contributed by atoms with E-state index < -0.39 is 10.1 Å². The first kappa shape index (κ1) is 15.9. The monoisotopic (exact) mass is 346 g/mol. The molecule has 112 valence electrons. The highest BCUT2D eigenvalue weighted by Gasteiger charge is 2.25. The van der Waals surface area contributed by atoms with Crippen LogP contribution in [0.5, 0.6) is 11.5 Å². The van der Waals surface area contributed by atoms with E-state index in [1.807, 2.05) is 0 Å². The molecule has 7 heteroatoms. The first-order valence-corrected chi connectivity index (χ1v) is 8.22. The van der Waals surface area contributed by atoms with Gasteiger partial charge in [0, 0.05) is 0 Å². The van der Waals surface area contributed by atoms with Crippen LogP contribution >= 0.6 is 23.2 Å². The predicted molar refractivity (Wildman–Crippen MR) is 81.9 cm³/mol. The first-order valence-electron chi connectivity index (χ1n) is 6.06. The zero-order valence-electron chi connectivity index (χ0n) is 11.0. The molecule has 0 saturated heterocycles. The summed E-state index contributed by atoms with van der Waals surface area (Å²) in [6.07, 6.45) is 0. The lowest BCUT2D eigenvalue weighted by Crippen LogP contribution is -2.12. The van der Waals surface area contributed by atoms with E-state index in [-0.39, 0.29) is 20.7 Å². The smallest absolute Gasteiger partial charge is 0.342 e. The van der Waals surface area contributed by atoms with Crippen molar-refractivity contribution in [3.8, 4) is 11.5 Å². The molecule has 0 bridgehead atoms. The molecule has 0 N–H and O–H groups in total. The van der Waals surface area contributed by atoms with Crippen molar-refractivity contribution in [1.29, 1.82) is 0 Å². The van der Waals surface area contributed by atoms with Gasteiger partial charge in [-0.1, -0.05) is 41.4 Å². The van der Waals surface area contributed by atoms with Crippen molar-refractivity contribution in [2.75, 3.05) is 6.61 Å². The van der Waals surface area contributed by atoms with Gasteiger partial charge in [-0.05, 0) is 31.2 Å². The van der Waals surface area contributed by atoms with Crippen molar-refractivity contribution >= 4 is 33.3 Å². The van der Waals surface area contributed by atoms with Crippen LogP contribution in [0, 0.1) is 0 Å². The number of hydrogen-bond acceptors (Lipinski definition) is 4. The van der Waals surface area contributed by atoms with Crippen LogP contribution in [0.3, 0.4) is 0 Å². The minimum Gasteiger partial charge on any atom is -0.490 e. The Morgan fingerprint density at radius 1 is 0.952 bits per heavy atom. The second-order valence-electron chi connectivity index (χ2n) is 3.97.